The monoisotopic (exact) mass is 306 g/mol. The van der Waals surface area contributed by atoms with Crippen LogP contribution in [0.5, 0.6) is 5.75 Å². The molecule has 22 heavy (non-hydrogen) atoms. The smallest absolute Gasteiger partial charge is 0.317 e. The summed E-state index contributed by atoms with van der Waals surface area (Å²) in [7, 11) is 1.65. The minimum absolute atomic E-state index is 0.0479. The fraction of sp³-hybridized carbons (Fsp3) is 0.588. The summed E-state index contributed by atoms with van der Waals surface area (Å²) in [6.07, 6.45) is 2.23. The number of carbonyl (C=O) groups is 1. The number of nitrogens with zero attached hydrogens (tertiary/aromatic N) is 1. The molecule has 1 unspecified atom stereocenters. The molecule has 122 valence electrons. The number of benzene rings is 1. The Morgan fingerprint density at radius 3 is 2.95 bits per heavy atom. The van der Waals surface area contributed by atoms with Crippen LogP contribution < -0.4 is 10.1 Å². The predicted molar refractivity (Wildman–Crippen MR) is 86.0 cm³/mol. The molecule has 0 bridgehead atoms. The summed E-state index contributed by atoms with van der Waals surface area (Å²) in [5, 5.41) is 2.97. The van der Waals surface area contributed by atoms with Crippen LogP contribution in [0.1, 0.15) is 32.3 Å². The van der Waals surface area contributed by atoms with Gasteiger partial charge >= 0.3 is 6.03 Å². The molecule has 2 rings (SSSR count). The van der Waals surface area contributed by atoms with Gasteiger partial charge in [-0.15, -0.1) is 0 Å². The Bertz CT molecular complexity index is 485. The highest BCUT2D eigenvalue weighted by molar-refractivity contribution is 5.74. The van der Waals surface area contributed by atoms with E-state index in [2.05, 4.69) is 5.32 Å². The van der Waals surface area contributed by atoms with Crippen LogP contribution in [0.25, 0.3) is 0 Å². The highest BCUT2D eigenvalue weighted by Gasteiger charge is 2.23. The molecule has 5 nitrogen and oxygen atoms in total. The lowest BCUT2D eigenvalue weighted by molar-refractivity contribution is 0.0791. The molecule has 1 aliphatic rings. The summed E-state index contributed by atoms with van der Waals surface area (Å²) >= 11 is 0. The third kappa shape index (κ3) is 4.91. The van der Waals surface area contributed by atoms with Gasteiger partial charge < -0.3 is 19.7 Å². The Hall–Kier alpha value is -1.75. The van der Waals surface area contributed by atoms with Crippen molar-refractivity contribution in [3.05, 3.63) is 29.8 Å². The van der Waals surface area contributed by atoms with E-state index in [4.69, 9.17) is 9.47 Å². The number of urea groups is 1. The van der Waals surface area contributed by atoms with Crippen molar-refractivity contribution in [2.24, 2.45) is 0 Å². The zero-order valence-electron chi connectivity index (χ0n) is 13.7. The Morgan fingerprint density at radius 1 is 1.50 bits per heavy atom. The molecule has 1 atom stereocenters. The number of carbonyl (C=O) groups excluding carboxylic acids is 1. The van der Waals surface area contributed by atoms with Crippen LogP contribution in [0.4, 0.5) is 4.79 Å². The maximum absolute atomic E-state index is 12.4. The van der Waals surface area contributed by atoms with E-state index in [-0.39, 0.29) is 18.2 Å². The molecular weight excluding hydrogens is 280 g/mol. The van der Waals surface area contributed by atoms with Crippen LogP contribution >= 0.6 is 0 Å². The van der Waals surface area contributed by atoms with Gasteiger partial charge in [-0.1, -0.05) is 12.1 Å². The van der Waals surface area contributed by atoms with E-state index < -0.39 is 0 Å². The minimum atomic E-state index is -0.0479. The summed E-state index contributed by atoms with van der Waals surface area (Å²) in [4.78, 5) is 14.3. The van der Waals surface area contributed by atoms with E-state index in [1.807, 2.05) is 43.0 Å². The number of hydrogen-bond donors (Lipinski definition) is 1. The molecule has 0 aromatic heterocycles. The Kier molecular flexibility index (Phi) is 6.07. The average Bonchev–Trinajstić information content (AvgIpc) is 2.99. The third-order valence-electron chi connectivity index (χ3n) is 3.65. The molecule has 1 N–H and O–H groups in total. The summed E-state index contributed by atoms with van der Waals surface area (Å²) in [5.41, 5.74) is 1.05. The molecule has 1 aromatic carbocycles. The summed E-state index contributed by atoms with van der Waals surface area (Å²) < 4.78 is 10.9. The van der Waals surface area contributed by atoms with Crippen molar-refractivity contribution < 1.29 is 14.3 Å². The Morgan fingerprint density at radius 2 is 2.32 bits per heavy atom. The largest absolute Gasteiger partial charge is 0.497 e. The number of ether oxygens (including phenoxy) is 2. The van der Waals surface area contributed by atoms with Crippen molar-refractivity contribution in [1.29, 1.82) is 0 Å². The quantitative estimate of drug-likeness (QED) is 0.879. The lowest BCUT2D eigenvalue weighted by atomic mass is 10.2. The van der Waals surface area contributed by atoms with Crippen LogP contribution in [-0.4, -0.2) is 43.3 Å². The van der Waals surface area contributed by atoms with E-state index in [9.17, 15) is 4.79 Å². The zero-order chi connectivity index (χ0) is 15.9. The lowest BCUT2D eigenvalue weighted by Gasteiger charge is -2.27. The molecule has 5 heteroatoms. The summed E-state index contributed by atoms with van der Waals surface area (Å²) in [5.74, 6) is 0.804. The summed E-state index contributed by atoms with van der Waals surface area (Å²) in [6.45, 7) is 5.90. The van der Waals surface area contributed by atoms with Crippen LogP contribution in [0.2, 0.25) is 0 Å². The standard InChI is InChI=1S/C17H26N2O3/c1-13(2)18-17(20)19(12-16-8-5-9-22-16)11-14-6-4-7-15(10-14)21-3/h4,6-7,10,13,16H,5,8-9,11-12H2,1-3H3,(H,18,20). The second kappa shape index (κ2) is 8.03. The van der Waals surface area contributed by atoms with Gasteiger partial charge in [0.15, 0.2) is 0 Å². The lowest BCUT2D eigenvalue weighted by Crippen LogP contribution is -2.45. The van der Waals surface area contributed by atoms with E-state index in [1.54, 1.807) is 7.11 Å². The van der Waals surface area contributed by atoms with Crippen molar-refractivity contribution >= 4 is 6.03 Å². The van der Waals surface area contributed by atoms with Gasteiger partial charge in [0, 0.05) is 25.7 Å². The first kappa shape index (κ1) is 16.6. The average molecular weight is 306 g/mol. The first-order valence-corrected chi connectivity index (χ1v) is 7.88. The molecule has 0 saturated carbocycles. The van der Waals surface area contributed by atoms with Gasteiger partial charge in [0.1, 0.15) is 5.75 Å². The SMILES string of the molecule is COc1cccc(CN(CC2CCCO2)C(=O)NC(C)C)c1. The first-order chi connectivity index (χ1) is 10.6. The summed E-state index contributed by atoms with van der Waals surface area (Å²) in [6, 6.07) is 7.89. The van der Waals surface area contributed by atoms with Gasteiger partial charge in [0.25, 0.3) is 0 Å². The fourth-order valence-corrected chi connectivity index (χ4v) is 2.58. The second-order valence-corrected chi connectivity index (χ2v) is 5.97. The molecule has 1 heterocycles. The van der Waals surface area contributed by atoms with Gasteiger partial charge in [-0.05, 0) is 44.4 Å². The second-order valence-electron chi connectivity index (χ2n) is 5.97. The number of nitrogens with one attached hydrogen (secondary N) is 1. The molecule has 1 fully saturated rings. The van der Waals surface area contributed by atoms with Gasteiger partial charge in [-0.2, -0.15) is 0 Å². The Labute approximate surface area is 132 Å². The Balaban J connectivity index is 2.06. The van der Waals surface area contributed by atoms with Gasteiger partial charge in [0.05, 0.1) is 13.2 Å². The van der Waals surface area contributed by atoms with Crippen LogP contribution in [0.15, 0.2) is 24.3 Å². The maximum Gasteiger partial charge on any atom is 0.317 e. The molecule has 0 radical (unpaired) electrons. The predicted octanol–water partition coefficient (Wildman–Crippen LogP) is 2.79. The number of hydrogen-bond acceptors (Lipinski definition) is 3. The van der Waals surface area contributed by atoms with Gasteiger partial charge in [0.2, 0.25) is 0 Å². The molecule has 0 spiro atoms. The third-order valence-corrected chi connectivity index (χ3v) is 3.65. The molecule has 1 aromatic rings. The molecule has 2 amide bonds. The van der Waals surface area contributed by atoms with Gasteiger partial charge in [-0.25, -0.2) is 4.79 Å². The highest BCUT2D eigenvalue weighted by atomic mass is 16.5. The molecule has 1 aliphatic heterocycles. The van der Waals surface area contributed by atoms with Crippen molar-refractivity contribution in [3.63, 3.8) is 0 Å². The first-order valence-electron chi connectivity index (χ1n) is 7.88. The topological polar surface area (TPSA) is 50.8 Å². The zero-order valence-corrected chi connectivity index (χ0v) is 13.7. The van der Waals surface area contributed by atoms with Crippen molar-refractivity contribution in [2.45, 2.75) is 45.4 Å². The van der Waals surface area contributed by atoms with Crippen LogP contribution in [0.3, 0.4) is 0 Å². The van der Waals surface area contributed by atoms with Crippen LogP contribution in [0, 0.1) is 0 Å². The number of methoxy groups -OCH3 is 1. The molecule has 0 aliphatic carbocycles. The molecule has 1 saturated heterocycles. The minimum Gasteiger partial charge on any atom is -0.497 e. The highest BCUT2D eigenvalue weighted by Crippen LogP contribution is 2.18. The van der Waals surface area contributed by atoms with Crippen molar-refractivity contribution in [2.75, 3.05) is 20.3 Å². The van der Waals surface area contributed by atoms with E-state index in [0.29, 0.717) is 13.1 Å². The molecular formula is C17H26N2O3. The van der Waals surface area contributed by atoms with Crippen molar-refractivity contribution in [3.8, 4) is 5.75 Å². The number of rotatable bonds is 6. The fourth-order valence-electron chi connectivity index (χ4n) is 2.58. The normalized spacial score (nSPS) is 17.5. The maximum atomic E-state index is 12.4. The number of amides is 2. The van der Waals surface area contributed by atoms with E-state index in [1.165, 1.54) is 0 Å². The van der Waals surface area contributed by atoms with E-state index in [0.717, 1.165) is 30.8 Å². The van der Waals surface area contributed by atoms with E-state index >= 15 is 0 Å². The van der Waals surface area contributed by atoms with Gasteiger partial charge in [-0.3, -0.25) is 0 Å². The van der Waals surface area contributed by atoms with Crippen LogP contribution in [-0.2, 0) is 11.3 Å². The van der Waals surface area contributed by atoms with Crippen molar-refractivity contribution in [1.82, 2.24) is 10.2 Å².